The average molecular weight is 164 g/mol. The number of aromatic hydroxyl groups is 1. The van der Waals surface area contributed by atoms with Gasteiger partial charge in [0, 0.05) is 5.56 Å². The standard InChI is InChI=1S/C10H12O2/c1-3-10(12-2)8-4-6-9(11)7-5-8/h3-7,11H,1-2H3. The Bertz CT molecular complexity index is 272. The van der Waals surface area contributed by atoms with Crippen LogP contribution in [0.2, 0.25) is 0 Å². The minimum Gasteiger partial charge on any atom is -0.508 e. The van der Waals surface area contributed by atoms with Gasteiger partial charge < -0.3 is 9.84 Å². The molecule has 0 fully saturated rings. The number of ether oxygens (including phenoxy) is 1. The van der Waals surface area contributed by atoms with Gasteiger partial charge in [-0.2, -0.15) is 0 Å². The first-order valence-electron chi connectivity index (χ1n) is 3.77. The molecule has 0 unspecified atom stereocenters. The summed E-state index contributed by atoms with van der Waals surface area (Å²) in [5.41, 5.74) is 0.970. The number of phenolic OH excluding ortho intramolecular Hbond substituents is 1. The number of hydrogen-bond donors (Lipinski definition) is 1. The van der Waals surface area contributed by atoms with E-state index in [0.29, 0.717) is 0 Å². The van der Waals surface area contributed by atoms with Gasteiger partial charge in [-0.25, -0.2) is 0 Å². The number of benzene rings is 1. The third kappa shape index (κ3) is 1.78. The normalized spacial score (nSPS) is 11.3. The molecule has 0 spiro atoms. The number of hydrogen-bond acceptors (Lipinski definition) is 2. The zero-order chi connectivity index (χ0) is 8.97. The Balaban J connectivity index is 2.96. The largest absolute Gasteiger partial charge is 0.508 e. The van der Waals surface area contributed by atoms with Gasteiger partial charge in [-0.3, -0.25) is 0 Å². The Hall–Kier alpha value is -1.44. The second-order valence-electron chi connectivity index (χ2n) is 2.40. The highest BCUT2D eigenvalue weighted by Crippen LogP contribution is 2.17. The van der Waals surface area contributed by atoms with Crippen LogP contribution in [-0.4, -0.2) is 12.2 Å². The zero-order valence-corrected chi connectivity index (χ0v) is 7.24. The van der Waals surface area contributed by atoms with E-state index in [0.717, 1.165) is 11.3 Å². The quantitative estimate of drug-likeness (QED) is 0.680. The van der Waals surface area contributed by atoms with Gasteiger partial charge in [-0.1, -0.05) is 0 Å². The zero-order valence-electron chi connectivity index (χ0n) is 7.24. The molecule has 0 bridgehead atoms. The van der Waals surface area contributed by atoms with E-state index >= 15 is 0 Å². The number of methoxy groups -OCH3 is 1. The van der Waals surface area contributed by atoms with E-state index in [4.69, 9.17) is 9.84 Å². The number of phenols is 1. The van der Waals surface area contributed by atoms with Crippen LogP contribution in [0.5, 0.6) is 5.75 Å². The smallest absolute Gasteiger partial charge is 0.121 e. The first-order chi connectivity index (χ1) is 5.77. The van der Waals surface area contributed by atoms with Crippen molar-refractivity contribution in [1.29, 1.82) is 0 Å². The fraction of sp³-hybridized carbons (Fsp3) is 0.200. The van der Waals surface area contributed by atoms with Crippen molar-refractivity contribution in [2.75, 3.05) is 7.11 Å². The molecule has 0 saturated carbocycles. The van der Waals surface area contributed by atoms with Crippen molar-refractivity contribution in [1.82, 2.24) is 0 Å². The third-order valence-electron chi connectivity index (χ3n) is 1.63. The van der Waals surface area contributed by atoms with Gasteiger partial charge in [0.05, 0.1) is 7.11 Å². The van der Waals surface area contributed by atoms with Crippen molar-refractivity contribution < 1.29 is 9.84 Å². The molecule has 0 aliphatic carbocycles. The summed E-state index contributed by atoms with van der Waals surface area (Å²) in [6.07, 6.45) is 1.88. The third-order valence-corrected chi connectivity index (χ3v) is 1.63. The van der Waals surface area contributed by atoms with Crippen LogP contribution in [0.3, 0.4) is 0 Å². The molecule has 0 heterocycles. The molecule has 0 radical (unpaired) electrons. The van der Waals surface area contributed by atoms with Gasteiger partial charge in [0.25, 0.3) is 0 Å². The molecule has 1 rings (SSSR count). The van der Waals surface area contributed by atoms with Gasteiger partial charge in [-0.15, -0.1) is 0 Å². The van der Waals surface area contributed by atoms with Crippen molar-refractivity contribution >= 4 is 5.76 Å². The van der Waals surface area contributed by atoms with Gasteiger partial charge >= 0.3 is 0 Å². The molecule has 2 nitrogen and oxygen atoms in total. The van der Waals surface area contributed by atoms with Crippen LogP contribution in [0.1, 0.15) is 12.5 Å². The Morgan fingerprint density at radius 2 is 1.92 bits per heavy atom. The lowest BCUT2D eigenvalue weighted by Gasteiger charge is -2.04. The van der Waals surface area contributed by atoms with Crippen LogP contribution < -0.4 is 0 Å². The predicted molar refractivity (Wildman–Crippen MR) is 48.8 cm³/mol. The van der Waals surface area contributed by atoms with Crippen LogP contribution >= 0.6 is 0 Å². The van der Waals surface area contributed by atoms with E-state index in [-0.39, 0.29) is 5.75 Å². The first kappa shape index (κ1) is 8.65. The second-order valence-corrected chi connectivity index (χ2v) is 2.40. The highest BCUT2D eigenvalue weighted by atomic mass is 16.5. The van der Waals surface area contributed by atoms with Crippen molar-refractivity contribution in [3.05, 3.63) is 35.9 Å². The molecule has 12 heavy (non-hydrogen) atoms. The second kappa shape index (κ2) is 3.81. The van der Waals surface area contributed by atoms with Crippen molar-refractivity contribution in [3.63, 3.8) is 0 Å². The number of rotatable bonds is 2. The topological polar surface area (TPSA) is 29.5 Å². The van der Waals surface area contributed by atoms with Crippen LogP contribution in [0, 0.1) is 0 Å². The van der Waals surface area contributed by atoms with E-state index in [1.54, 1.807) is 19.2 Å². The minimum absolute atomic E-state index is 0.269. The van der Waals surface area contributed by atoms with E-state index in [1.807, 2.05) is 25.1 Å². The summed E-state index contributed by atoms with van der Waals surface area (Å²) >= 11 is 0. The van der Waals surface area contributed by atoms with Gasteiger partial charge in [-0.05, 0) is 37.3 Å². The Labute approximate surface area is 72.1 Å². The molecule has 0 aliphatic rings. The van der Waals surface area contributed by atoms with Crippen molar-refractivity contribution in [3.8, 4) is 5.75 Å². The molecule has 1 N–H and O–H groups in total. The van der Waals surface area contributed by atoms with Gasteiger partial charge in [0.1, 0.15) is 11.5 Å². The lowest BCUT2D eigenvalue weighted by atomic mass is 10.2. The molecule has 0 amide bonds. The minimum atomic E-state index is 0.269. The highest BCUT2D eigenvalue weighted by Gasteiger charge is 1.98. The average Bonchev–Trinajstić information content (AvgIpc) is 2.10. The maximum absolute atomic E-state index is 9.02. The van der Waals surface area contributed by atoms with Crippen LogP contribution in [0.15, 0.2) is 30.3 Å². The summed E-state index contributed by atoms with van der Waals surface area (Å²) in [7, 11) is 1.63. The van der Waals surface area contributed by atoms with E-state index in [9.17, 15) is 0 Å². The van der Waals surface area contributed by atoms with Crippen LogP contribution in [0.25, 0.3) is 5.76 Å². The maximum atomic E-state index is 9.02. The molecule has 0 aromatic heterocycles. The molecular weight excluding hydrogens is 152 g/mol. The van der Waals surface area contributed by atoms with Crippen LogP contribution in [0.4, 0.5) is 0 Å². The monoisotopic (exact) mass is 164 g/mol. The molecule has 1 aromatic carbocycles. The predicted octanol–water partition coefficient (Wildman–Crippen LogP) is 2.40. The SMILES string of the molecule is CC=C(OC)c1ccc(O)cc1. The molecule has 64 valence electrons. The fourth-order valence-electron chi connectivity index (χ4n) is 1.03. The summed E-state index contributed by atoms with van der Waals surface area (Å²) in [6, 6.07) is 6.90. The van der Waals surface area contributed by atoms with Crippen molar-refractivity contribution in [2.24, 2.45) is 0 Å². The van der Waals surface area contributed by atoms with Crippen LogP contribution in [-0.2, 0) is 4.74 Å². The first-order valence-corrected chi connectivity index (χ1v) is 3.77. The van der Waals surface area contributed by atoms with Gasteiger partial charge in [0.2, 0.25) is 0 Å². The maximum Gasteiger partial charge on any atom is 0.121 e. The summed E-state index contributed by atoms with van der Waals surface area (Å²) in [4.78, 5) is 0. The van der Waals surface area contributed by atoms with Gasteiger partial charge in [0.15, 0.2) is 0 Å². The molecule has 0 atom stereocenters. The lowest BCUT2D eigenvalue weighted by Crippen LogP contribution is -1.85. The summed E-state index contributed by atoms with van der Waals surface area (Å²) in [6.45, 7) is 1.91. The summed E-state index contributed by atoms with van der Waals surface area (Å²) in [5, 5.41) is 9.02. The van der Waals surface area contributed by atoms with E-state index < -0.39 is 0 Å². The van der Waals surface area contributed by atoms with E-state index in [2.05, 4.69) is 0 Å². The van der Waals surface area contributed by atoms with E-state index in [1.165, 1.54) is 0 Å². The van der Waals surface area contributed by atoms with Crippen molar-refractivity contribution in [2.45, 2.75) is 6.92 Å². The molecule has 0 saturated heterocycles. The summed E-state index contributed by atoms with van der Waals surface area (Å²) < 4.78 is 5.10. The molecule has 0 aliphatic heterocycles. The highest BCUT2D eigenvalue weighted by molar-refractivity contribution is 5.59. The lowest BCUT2D eigenvalue weighted by molar-refractivity contribution is 0.369. The summed E-state index contributed by atoms with van der Waals surface area (Å²) in [5.74, 6) is 1.08. The Kier molecular flexibility index (Phi) is 2.75. The molecule has 1 aromatic rings. The molecular formula is C10H12O2. The Morgan fingerprint density at radius 1 is 1.33 bits per heavy atom. The molecule has 2 heteroatoms. The number of allylic oxidation sites excluding steroid dienone is 1. The fourth-order valence-corrected chi connectivity index (χ4v) is 1.03. The Morgan fingerprint density at radius 3 is 2.33 bits per heavy atom.